The lowest BCUT2D eigenvalue weighted by Gasteiger charge is -2.21. The molecule has 1 aromatic carbocycles. The predicted octanol–water partition coefficient (Wildman–Crippen LogP) is 3.66. The summed E-state index contributed by atoms with van der Waals surface area (Å²) < 4.78 is 9.77. The van der Waals surface area contributed by atoms with Gasteiger partial charge in [0.1, 0.15) is 0 Å². The van der Waals surface area contributed by atoms with Crippen LogP contribution in [0.4, 0.5) is 0 Å². The van der Waals surface area contributed by atoms with Gasteiger partial charge in [-0.15, -0.1) is 0 Å². The highest BCUT2D eigenvalue weighted by Crippen LogP contribution is 2.29. The van der Waals surface area contributed by atoms with Crippen molar-refractivity contribution in [3.05, 3.63) is 28.8 Å². The molecule has 6 heteroatoms. The first kappa shape index (κ1) is 18.3. The molecule has 0 unspecified atom stereocenters. The number of aryl methyl sites for hydroxylation is 2. The normalized spacial score (nSPS) is 15.6. The molecular weight excluding hydrogens is 316 g/mol. The van der Waals surface area contributed by atoms with E-state index < -0.39 is 0 Å². The minimum Gasteiger partial charge on any atom is -0.691 e. The van der Waals surface area contributed by atoms with Gasteiger partial charge in [0, 0.05) is 4.90 Å². The van der Waals surface area contributed by atoms with E-state index in [-0.39, 0.29) is 5.97 Å². The topological polar surface area (TPSA) is 67.8 Å². The lowest BCUT2D eigenvalue weighted by molar-refractivity contribution is -0.777. The molecule has 23 heavy (non-hydrogen) atoms. The van der Waals surface area contributed by atoms with Crippen LogP contribution in [0, 0.1) is 19.8 Å². The molecule has 0 heterocycles. The van der Waals surface area contributed by atoms with E-state index in [0.29, 0.717) is 18.1 Å². The largest absolute Gasteiger partial charge is 0.691 e. The van der Waals surface area contributed by atoms with Crippen LogP contribution in [-0.2, 0) is 14.1 Å². The van der Waals surface area contributed by atoms with E-state index in [9.17, 15) is 10.1 Å². The fourth-order valence-electron chi connectivity index (χ4n) is 3.12. The van der Waals surface area contributed by atoms with Crippen molar-refractivity contribution in [3.63, 3.8) is 0 Å². The third-order valence-corrected chi connectivity index (χ3v) is 5.26. The Bertz CT molecular complexity index is 503. The lowest BCUT2D eigenvalue weighted by atomic mass is 9.87. The Morgan fingerprint density at radius 1 is 1.22 bits per heavy atom. The van der Waals surface area contributed by atoms with Crippen molar-refractivity contribution in [3.8, 4) is 0 Å². The van der Waals surface area contributed by atoms with Crippen molar-refractivity contribution >= 4 is 18.0 Å². The molecule has 0 aromatic heterocycles. The fraction of sp³-hybridized carbons (Fsp3) is 0.588. The first-order valence-electron chi connectivity index (χ1n) is 8.03. The van der Waals surface area contributed by atoms with Crippen LogP contribution in [0.1, 0.15) is 60.0 Å². The summed E-state index contributed by atoms with van der Waals surface area (Å²) in [6.45, 7) is 4.18. The summed E-state index contributed by atoms with van der Waals surface area (Å²) in [4.78, 5) is 12.9. The zero-order chi connectivity index (χ0) is 16.7. The Morgan fingerprint density at radius 2 is 1.87 bits per heavy atom. The van der Waals surface area contributed by atoms with Crippen molar-refractivity contribution in [1.29, 1.82) is 0 Å². The van der Waals surface area contributed by atoms with Crippen LogP contribution in [0.3, 0.4) is 0 Å². The maximum absolute atomic E-state index is 12.2. The molecule has 128 valence electrons. The summed E-state index contributed by atoms with van der Waals surface area (Å²) >= 11 is 0.844. The van der Waals surface area contributed by atoms with Gasteiger partial charge in [-0.2, -0.15) is 4.33 Å². The molecule has 0 N–H and O–H groups in total. The van der Waals surface area contributed by atoms with E-state index in [0.717, 1.165) is 34.5 Å². The fourth-order valence-corrected chi connectivity index (χ4v) is 3.60. The average Bonchev–Trinajstić information content (AvgIpc) is 2.55. The standard InChI is InChI=1S/C17H24O5S/c1-12-10-15(11-13(2)16(12)23-22-21-19)17(18)20-9-8-14-6-4-3-5-7-14/h10-11,14,19H,3-9H2,1-2H3/p-1. The Labute approximate surface area is 141 Å². The number of benzene rings is 1. The second-order valence-electron chi connectivity index (χ2n) is 6.09. The quantitative estimate of drug-likeness (QED) is 0.327. The van der Waals surface area contributed by atoms with E-state index in [1.54, 1.807) is 12.1 Å². The van der Waals surface area contributed by atoms with Gasteiger partial charge in [-0.3, -0.25) is 5.04 Å². The Balaban J connectivity index is 1.88. The molecule has 1 saturated carbocycles. The minimum atomic E-state index is -0.301. The van der Waals surface area contributed by atoms with Crippen LogP contribution in [0.25, 0.3) is 0 Å². The van der Waals surface area contributed by atoms with Gasteiger partial charge >= 0.3 is 5.97 Å². The third-order valence-electron chi connectivity index (χ3n) is 4.33. The van der Waals surface area contributed by atoms with Gasteiger partial charge in [-0.1, -0.05) is 32.1 Å². The van der Waals surface area contributed by atoms with Crippen LogP contribution in [-0.4, -0.2) is 12.6 Å². The van der Waals surface area contributed by atoms with Gasteiger partial charge in [0.25, 0.3) is 0 Å². The highest BCUT2D eigenvalue weighted by Gasteiger charge is 2.16. The van der Waals surface area contributed by atoms with Crippen LogP contribution in [0.15, 0.2) is 17.0 Å². The van der Waals surface area contributed by atoms with Crippen molar-refractivity contribution in [2.75, 3.05) is 6.61 Å². The van der Waals surface area contributed by atoms with Crippen molar-refractivity contribution in [1.82, 2.24) is 0 Å². The maximum Gasteiger partial charge on any atom is 0.338 e. The van der Waals surface area contributed by atoms with Crippen LogP contribution < -0.4 is 5.26 Å². The summed E-state index contributed by atoms with van der Waals surface area (Å²) in [5.41, 5.74) is 2.20. The first-order valence-corrected chi connectivity index (χ1v) is 8.77. The predicted molar refractivity (Wildman–Crippen MR) is 85.4 cm³/mol. The summed E-state index contributed by atoms with van der Waals surface area (Å²) in [7, 11) is 0. The maximum atomic E-state index is 12.2. The van der Waals surface area contributed by atoms with E-state index in [2.05, 4.69) is 9.37 Å². The van der Waals surface area contributed by atoms with Gasteiger partial charge in [-0.25, -0.2) is 4.79 Å². The molecule has 0 atom stereocenters. The number of rotatable bonds is 7. The van der Waals surface area contributed by atoms with Gasteiger partial charge in [-0.05, 0) is 49.4 Å². The zero-order valence-corrected chi connectivity index (χ0v) is 14.4. The average molecular weight is 339 g/mol. The highest BCUT2D eigenvalue weighted by molar-refractivity contribution is 7.94. The molecule has 1 aliphatic rings. The molecule has 0 spiro atoms. The molecule has 2 rings (SSSR count). The zero-order valence-electron chi connectivity index (χ0n) is 13.6. The second kappa shape index (κ2) is 9.27. The number of hydrogen-bond acceptors (Lipinski definition) is 6. The summed E-state index contributed by atoms with van der Waals surface area (Å²) in [5.74, 6) is 0.396. The Hall–Kier alpha value is -1.08. The van der Waals surface area contributed by atoms with E-state index in [1.807, 2.05) is 13.8 Å². The molecule has 0 saturated heterocycles. The van der Waals surface area contributed by atoms with E-state index in [4.69, 9.17) is 4.74 Å². The van der Waals surface area contributed by atoms with E-state index >= 15 is 0 Å². The molecule has 1 aliphatic carbocycles. The van der Waals surface area contributed by atoms with Gasteiger partial charge in [0.2, 0.25) is 0 Å². The smallest absolute Gasteiger partial charge is 0.338 e. The number of hydrogen-bond donors (Lipinski definition) is 0. The van der Waals surface area contributed by atoms with Crippen LogP contribution in [0.2, 0.25) is 0 Å². The molecule has 1 fully saturated rings. The molecule has 1 aromatic rings. The SMILES string of the molecule is Cc1cc(C(=O)OCCC2CCCCC2)cc(C)c1SOO[O-]. The van der Waals surface area contributed by atoms with Gasteiger partial charge in [0.15, 0.2) is 0 Å². The highest BCUT2D eigenvalue weighted by atomic mass is 32.2. The lowest BCUT2D eigenvalue weighted by Crippen LogP contribution is -2.13. The molecule has 0 bridgehead atoms. The number of ether oxygens (including phenoxy) is 1. The summed E-state index contributed by atoms with van der Waals surface area (Å²) in [6, 6.07) is 3.48. The van der Waals surface area contributed by atoms with Gasteiger partial charge < -0.3 is 9.99 Å². The van der Waals surface area contributed by atoms with Crippen LogP contribution >= 0.6 is 12.0 Å². The third kappa shape index (κ3) is 5.49. The molecule has 5 nitrogen and oxygen atoms in total. The van der Waals surface area contributed by atoms with E-state index in [1.165, 1.54) is 32.1 Å². The Kier molecular flexibility index (Phi) is 7.36. The van der Waals surface area contributed by atoms with Crippen molar-refractivity contribution in [2.24, 2.45) is 5.92 Å². The number of carbonyl (C=O) groups excluding carboxylic acids is 1. The van der Waals surface area contributed by atoms with Gasteiger partial charge in [0.05, 0.1) is 24.2 Å². The monoisotopic (exact) mass is 339 g/mol. The second-order valence-corrected chi connectivity index (χ2v) is 6.80. The summed E-state index contributed by atoms with van der Waals surface area (Å²) in [5, 5.41) is 13.3. The minimum absolute atomic E-state index is 0.301. The molecular formula is C17H23O5S-. The summed E-state index contributed by atoms with van der Waals surface area (Å²) in [6.07, 6.45) is 7.39. The molecule has 0 amide bonds. The van der Waals surface area contributed by atoms with Crippen LogP contribution in [0.5, 0.6) is 0 Å². The first-order chi connectivity index (χ1) is 11.1. The number of esters is 1. The molecule has 0 aliphatic heterocycles. The van der Waals surface area contributed by atoms with Crippen molar-refractivity contribution in [2.45, 2.75) is 57.3 Å². The number of carbonyl (C=O) groups is 1. The molecule has 0 radical (unpaired) electrons. The Morgan fingerprint density at radius 3 is 2.48 bits per heavy atom. The van der Waals surface area contributed by atoms with Crippen molar-refractivity contribution < 1.29 is 24.2 Å².